The molecule has 0 amide bonds. The van der Waals surface area contributed by atoms with Gasteiger partial charge in [0.25, 0.3) is 0 Å². The normalized spacial score (nSPS) is 17.2. The summed E-state index contributed by atoms with van der Waals surface area (Å²) in [4.78, 5) is 2.18. The lowest BCUT2D eigenvalue weighted by molar-refractivity contribution is 0.0336. The molecule has 1 heterocycles. The van der Waals surface area contributed by atoms with Crippen molar-refractivity contribution < 1.29 is 19.7 Å². The van der Waals surface area contributed by atoms with Crippen LogP contribution in [0.5, 0.6) is 11.5 Å². The van der Waals surface area contributed by atoms with Crippen LogP contribution in [0.15, 0.2) is 18.2 Å². The van der Waals surface area contributed by atoms with Gasteiger partial charge in [-0.15, -0.1) is 0 Å². The van der Waals surface area contributed by atoms with Crippen LogP contribution < -0.4 is 14.8 Å². The van der Waals surface area contributed by atoms with Gasteiger partial charge in [0.15, 0.2) is 0 Å². The average molecular weight is 385 g/mol. The molecular weight excluding hydrogens is 352 g/mol. The van der Waals surface area contributed by atoms with Crippen LogP contribution in [0.1, 0.15) is 18.4 Å². The Kier molecular flexibility index (Phi) is 9.56. The zero-order valence-corrected chi connectivity index (χ0v) is 16.6. The molecule has 1 unspecified atom stereocenters. The number of ether oxygens (including phenoxy) is 2. The molecule has 1 aromatic rings. The van der Waals surface area contributed by atoms with Crippen molar-refractivity contribution in [2.75, 3.05) is 51.9 Å². The van der Waals surface area contributed by atoms with Gasteiger partial charge < -0.3 is 29.9 Å². The molecule has 1 saturated heterocycles. The predicted molar refractivity (Wildman–Crippen MR) is 106 cm³/mol. The quantitative estimate of drug-likeness (QED) is 0.497. The van der Waals surface area contributed by atoms with E-state index in [1.54, 1.807) is 7.11 Å². The molecule has 0 radical (unpaired) electrons. The first kappa shape index (κ1) is 21.3. The third-order valence-corrected chi connectivity index (χ3v) is 5.14. The first-order valence-electron chi connectivity index (χ1n) is 9.20. The van der Waals surface area contributed by atoms with E-state index in [-0.39, 0.29) is 12.7 Å². The molecule has 148 valence electrons. The molecule has 0 bridgehead atoms. The lowest BCUT2D eigenvalue weighted by atomic mass is 10.1. The summed E-state index contributed by atoms with van der Waals surface area (Å²) < 4.78 is 11.2. The number of nitrogens with zero attached hydrogens (tertiary/aromatic N) is 1. The van der Waals surface area contributed by atoms with E-state index in [0.29, 0.717) is 13.1 Å². The van der Waals surface area contributed by atoms with E-state index in [9.17, 15) is 10.2 Å². The maximum absolute atomic E-state index is 10.3. The maximum Gasteiger partial charge on any atom is 0.124 e. The molecule has 0 aromatic heterocycles. The van der Waals surface area contributed by atoms with Gasteiger partial charge in [-0.2, -0.15) is 11.8 Å². The number of hydrogen-bond donors (Lipinski definition) is 3. The molecule has 1 aliphatic rings. The zero-order valence-electron chi connectivity index (χ0n) is 15.8. The summed E-state index contributed by atoms with van der Waals surface area (Å²) in [6.07, 6.45) is 2.90. The Balaban J connectivity index is 1.84. The highest BCUT2D eigenvalue weighted by Crippen LogP contribution is 2.24. The molecule has 26 heavy (non-hydrogen) atoms. The van der Waals surface area contributed by atoms with Crippen LogP contribution in [0.3, 0.4) is 0 Å². The van der Waals surface area contributed by atoms with Crippen LogP contribution in [0, 0.1) is 0 Å². The third-order valence-electron chi connectivity index (χ3n) is 4.52. The fraction of sp³-hybridized carbons (Fsp3) is 0.684. The number of aliphatic hydroxyl groups is 2. The molecule has 1 fully saturated rings. The van der Waals surface area contributed by atoms with Gasteiger partial charge in [0, 0.05) is 44.0 Å². The van der Waals surface area contributed by atoms with Gasteiger partial charge in [0.2, 0.25) is 0 Å². The molecule has 2 rings (SSSR count). The van der Waals surface area contributed by atoms with Gasteiger partial charge in [-0.1, -0.05) is 0 Å². The highest BCUT2D eigenvalue weighted by Gasteiger charge is 2.19. The lowest BCUT2D eigenvalue weighted by Crippen LogP contribution is -2.41. The lowest BCUT2D eigenvalue weighted by Gasteiger charge is -2.31. The molecule has 6 nitrogen and oxygen atoms in total. The van der Waals surface area contributed by atoms with Crippen molar-refractivity contribution in [2.45, 2.75) is 31.6 Å². The van der Waals surface area contributed by atoms with Gasteiger partial charge in [-0.3, -0.25) is 0 Å². The Morgan fingerprint density at radius 3 is 2.81 bits per heavy atom. The van der Waals surface area contributed by atoms with Crippen LogP contribution in [0.25, 0.3) is 0 Å². The first-order chi connectivity index (χ1) is 12.6. The number of hydrogen-bond acceptors (Lipinski definition) is 7. The molecular formula is C19H32N2O4S. The van der Waals surface area contributed by atoms with Crippen molar-refractivity contribution in [2.24, 2.45) is 0 Å². The number of benzene rings is 1. The van der Waals surface area contributed by atoms with Crippen molar-refractivity contribution >= 4 is 11.8 Å². The summed E-state index contributed by atoms with van der Waals surface area (Å²) in [5.41, 5.74) is 1.03. The van der Waals surface area contributed by atoms with E-state index in [1.807, 2.05) is 30.0 Å². The predicted octanol–water partition coefficient (Wildman–Crippen LogP) is 1.34. The molecule has 0 saturated carbocycles. The number of thioether (sulfide) groups is 1. The molecule has 0 aliphatic carbocycles. The third kappa shape index (κ3) is 7.32. The van der Waals surface area contributed by atoms with Crippen molar-refractivity contribution in [3.8, 4) is 11.5 Å². The number of rotatable bonds is 11. The Bertz CT molecular complexity index is 524. The number of likely N-dealkylation sites (tertiary alicyclic amines) is 1. The number of piperidine rings is 1. The molecule has 1 aliphatic heterocycles. The Labute approximate surface area is 160 Å². The minimum absolute atomic E-state index is 0.194. The molecule has 3 N–H and O–H groups in total. The minimum atomic E-state index is -0.551. The van der Waals surface area contributed by atoms with Gasteiger partial charge in [-0.25, -0.2) is 0 Å². The second-order valence-electron chi connectivity index (χ2n) is 6.64. The Morgan fingerprint density at radius 2 is 2.12 bits per heavy atom. The highest BCUT2D eigenvalue weighted by atomic mass is 32.2. The van der Waals surface area contributed by atoms with Gasteiger partial charge in [-0.05, 0) is 37.3 Å². The largest absolute Gasteiger partial charge is 0.497 e. The molecule has 0 spiro atoms. The highest BCUT2D eigenvalue weighted by molar-refractivity contribution is 7.98. The second-order valence-corrected chi connectivity index (χ2v) is 7.63. The van der Waals surface area contributed by atoms with Crippen molar-refractivity contribution in [1.82, 2.24) is 10.2 Å². The number of aliphatic hydroxyl groups excluding tert-OH is 2. The van der Waals surface area contributed by atoms with E-state index in [0.717, 1.165) is 55.3 Å². The summed E-state index contributed by atoms with van der Waals surface area (Å²) in [6.45, 7) is 4.11. The van der Waals surface area contributed by atoms with E-state index in [4.69, 9.17) is 9.47 Å². The monoisotopic (exact) mass is 384 g/mol. The first-order valence-corrected chi connectivity index (χ1v) is 10.6. The Morgan fingerprint density at radius 1 is 1.35 bits per heavy atom. The number of nitrogens with one attached hydrogen (secondary N) is 1. The molecule has 1 atom stereocenters. The van der Waals surface area contributed by atoms with Crippen molar-refractivity contribution in [1.29, 1.82) is 0 Å². The molecule has 7 heteroatoms. The van der Waals surface area contributed by atoms with Gasteiger partial charge in [0.05, 0.1) is 13.2 Å². The number of methoxy groups -OCH3 is 1. The van der Waals surface area contributed by atoms with E-state index >= 15 is 0 Å². The van der Waals surface area contributed by atoms with E-state index in [2.05, 4.69) is 16.5 Å². The van der Waals surface area contributed by atoms with Crippen LogP contribution in [-0.2, 0) is 6.54 Å². The van der Waals surface area contributed by atoms with Gasteiger partial charge in [0.1, 0.15) is 24.2 Å². The maximum atomic E-state index is 10.3. The summed E-state index contributed by atoms with van der Waals surface area (Å²) in [7, 11) is 1.65. The standard InChI is InChI=1S/C19H32N2O4S/c1-24-18-3-4-19(15(11-18)12-20-7-10-26-2)25-14-17(23)13-21-8-5-16(22)6-9-21/h3-4,11,16-17,20,22-23H,5-10,12-14H2,1-2H3. The summed E-state index contributed by atoms with van der Waals surface area (Å²) in [5, 5.41) is 23.3. The Hall–Kier alpha value is -0.990. The fourth-order valence-electron chi connectivity index (χ4n) is 3.00. The summed E-state index contributed by atoms with van der Waals surface area (Å²) >= 11 is 1.81. The molecule has 1 aromatic carbocycles. The summed E-state index contributed by atoms with van der Waals surface area (Å²) in [5.74, 6) is 2.63. The van der Waals surface area contributed by atoms with Crippen molar-refractivity contribution in [3.63, 3.8) is 0 Å². The van der Waals surface area contributed by atoms with E-state index in [1.165, 1.54) is 0 Å². The van der Waals surface area contributed by atoms with Crippen molar-refractivity contribution in [3.05, 3.63) is 23.8 Å². The van der Waals surface area contributed by atoms with Crippen LogP contribution in [-0.4, -0.2) is 79.2 Å². The second kappa shape index (κ2) is 11.7. The van der Waals surface area contributed by atoms with Crippen LogP contribution in [0.4, 0.5) is 0 Å². The smallest absolute Gasteiger partial charge is 0.124 e. The van der Waals surface area contributed by atoms with Crippen LogP contribution in [0.2, 0.25) is 0 Å². The zero-order chi connectivity index (χ0) is 18.8. The number of β-amino-alcohol motifs (C(OH)–C–C–N with tert-alkyl or cyclic N) is 1. The SMILES string of the molecule is COc1ccc(OCC(O)CN2CCC(O)CC2)c(CNCCSC)c1. The summed E-state index contributed by atoms with van der Waals surface area (Å²) in [6, 6.07) is 5.74. The van der Waals surface area contributed by atoms with E-state index < -0.39 is 6.10 Å². The average Bonchev–Trinajstić information content (AvgIpc) is 2.66. The fourth-order valence-corrected chi connectivity index (χ4v) is 3.35. The minimum Gasteiger partial charge on any atom is -0.497 e. The van der Waals surface area contributed by atoms with Crippen LogP contribution >= 0.6 is 11.8 Å². The topological polar surface area (TPSA) is 74.2 Å². The van der Waals surface area contributed by atoms with Gasteiger partial charge >= 0.3 is 0 Å².